The van der Waals surface area contributed by atoms with Gasteiger partial charge in [-0.2, -0.15) is 0 Å². The largest absolute Gasteiger partial charge is 0.489 e. The highest BCUT2D eigenvalue weighted by Gasteiger charge is 2.26. The molecule has 0 N–H and O–H groups in total. The molecule has 1 aromatic rings. The Morgan fingerprint density at radius 3 is 2.41 bits per heavy atom. The molecule has 0 atom stereocenters. The third-order valence-corrected chi connectivity index (χ3v) is 3.08. The lowest BCUT2D eigenvalue weighted by Crippen LogP contribution is -2.16. The minimum absolute atomic E-state index is 0.121. The van der Waals surface area contributed by atoms with Gasteiger partial charge in [-0.1, -0.05) is 34.6 Å². The molecule has 94 valence electrons. The Kier molecular flexibility index (Phi) is 3.15. The smallest absolute Gasteiger partial charge is 0.138 e. The maximum Gasteiger partial charge on any atom is 0.138 e. The summed E-state index contributed by atoms with van der Waals surface area (Å²) in [5, 5.41) is 0. The molecule has 0 spiro atoms. The Labute approximate surface area is 104 Å². The molecule has 1 fully saturated rings. The zero-order valence-corrected chi connectivity index (χ0v) is 11.6. The summed E-state index contributed by atoms with van der Waals surface area (Å²) in [6, 6.07) is 2.18. The summed E-state index contributed by atoms with van der Waals surface area (Å²) in [7, 11) is 0. The first kappa shape index (κ1) is 12.4. The van der Waals surface area contributed by atoms with Gasteiger partial charge in [-0.15, -0.1) is 0 Å². The van der Waals surface area contributed by atoms with Crippen LogP contribution in [0.25, 0.3) is 0 Å². The third-order valence-electron chi connectivity index (χ3n) is 3.08. The fourth-order valence-electron chi connectivity index (χ4n) is 1.96. The molecule has 1 aliphatic rings. The van der Waals surface area contributed by atoms with Crippen LogP contribution in [-0.2, 0) is 5.41 Å². The first-order chi connectivity index (χ1) is 7.88. The number of nitrogens with zero attached hydrogens (tertiary/aromatic N) is 1. The van der Waals surface area contributed by atoms with Crippen molar-refractivity contribution < 1.29 is 4.74 Å². The van der Waals surface area contributed by atoms with Crippen LogP contribution in [0.4, 0.5) is 0 Å². The number of aromatic nitrogens is 1. The maximum absolute atomic E-state index is 5.83. The van der Waals surface area contributed by atoms with Crippen LogP contribution in [0.15, 0.2) is 12.3 Å². The quantitative estimate of drug-likeness (QED) is 0.786. The first-order valence-corrected chi connectivity index (χ1v) is 6.55. The minimum atomic E-state index is 0.121. The minimum Gasteiger partial charge on any atom is -0.489 e. The Balaban J connectivity index is 2.34. The van der Waals surface area contributed by atoms with Crippen LogP contribution >= 0.6 is 0 Å². The molecule has 0 bridgehead atoms. The van der Waals surface area contributed by atoms with E-state index in [0.717, 1.165) is 5.75 Å². The second-order valence-corrected chi connectivity index (χ2v) is 6.33. The fraction of sp³-hybridized carbons (Fsp3) is 0.667. The van der Waals surface area contributed by atoms with Crippen molar-refractivity contribution in [2.24, 2.45) is 0 Å². The summed E-state index contributed by atoms with van der Waals surface area (Å²) in [6.45, 7) is 11.1. The van der Waals surface area contributed by atoms with Gasteiger partial charge >= 0.3 is 0 Å². The van der Waals surface area contributed by atoms with Crippen molar-refractivity contribution in [2.75, 3.05) is 0 Å². The van der Waals surface area contributed by atoms with Crippen molar-refractivity contribution in [3.8, 4) is 5.75 Å². The predicted octanol–water partition coefficient (Wildman–Crippen LogP) is 4.04. The average Bonchev–Trinajstić information content (AvgIpc) is 3.00. The van der Waals surface area contributed by atoms with Gasteiger partial charge in [0, 0.05) is 5.69 Å². The standard InChI is InChI=1S/C15H23NO/c1-10(2)14-13(15(3,4)5)8-12(9-16-14)17-11-6-7-11/h8-11H,6-7H2,1-5H3. The van der Waals surface area contributed by atoms with Crippen molar-refractivity contribution in [2.45, 2.75) is 64.9 Å². The van der Waals surface area contributed by atoms with E-state index in [1.807, 2.05) is 6.20 Å². The van der Waals surface area contributed by atoms with Gasteiger partial charge in [0.1, 0.15) is 5.75 Å². The van der Waals surface area contributed by atoms with Gasteiger partial charge in [0.15, 0.2) is 0 Å². The van der Waals surface area contributed by atoms with Crippen LogP contribution in [0.2, 0.25) is 0 Å². The molecule has 0 amide bonds. The van der Waals surface area contributed by atoms with Gasteiger partial charge in [0.2, 0.25) is 0 Å². The number of ether oxygens (including phenoxy) is 1. The molecule has 2 nitrogen and oxygen atoms in total. The van der Waals surface area contributed by atoms with Crippen molar-refractivity contribution in [3.63, 3.8) is 0 Å². The third kappa shape index (κ3) is 2.99. The Morgan fingerprint density at radius 1 is 1.29 bits per heavy atom. The van der Waals surface area contributed by atoms with Crippen molar-refractivity contribution >= 4 is 0 Å². The number of pyridine rings is 1. The second kappa shape index (κ2) is 4.32. The van der Waals surface area contributed by atoms with Crippen molar-refractivity contribution in [3.05, 3.63) is 23.5 Å². The van der Waals surface area contributed by atoms with E-state index in [9.17, 15) is 0 Å². The Morgan fingerprint density at radius 2 is 1.94 bits per heavy atom. The maximum atomic E-state index is 5.83. The molecule has 1 saturated carbocycles. The van der Waals surface area contributed by atoms with Crippen LogP contribution in [0, 0.1) is 0 Å². The predicted molar refractivity (Wildman–Crippen MR) is 70.7 cm³/mol. The van der Waals surface area contributed by atoms with Crippen LogP contribution in [-0.4, -0.2) is 11.1 Å². The van der Waals surface area contributed by atoms with Gasteiger partial charge in [0.25, 0.3) is 0 Å². The number of rotatable bonds is 3. The molecule has 17 heavy (non-hydrogen) atoms. The summed E-state index contributed by atoms with van der Waals surface area (Å²) in [4.78, 5) is 4.60. The molecule has 0 aromatic carbocycles. The van der Waals surface area contributed by atoms with E-state index in [2.05, 4.69) is 45.7 Å². The molecule has 1 heterocycles. The Hall–Kier alpha value is -1.05. The summed E-state index contributed by atoms with van der Waals surface area (Å²) < 4.78 is 5.83. The molecule has 2 rings (SSSR count). The van der Waals surface area contributed by atoms with E-state index in [0.29, 0.717) is 12.0 Å². The molecule has 0 unspecified atom stereocenters. The molecule has 2 heteroatoms. The summed E-state index contributed by atoms with van der Waals surface area (Å²) in [5.41, 5.74) is 2.63. The van der Waals surface area contributed by atoms with Crippen molar-refractivity contribution in [1.29, 1.82) is 0 Å². The van der Waals surface area contributed by atoms with E-state index in [-0.39, 0.29) is 5.41 Å². The Bertz CT molecular complexity index is 400. The van der Waals surface area contributed by atoms with Crippen LogP contribution in [0.3, 0.4) is 0 Å². The second-order valence-electron chi connectivity index (χ2n) is 6.33. The normalized spacial score (nSPS) is 16.4. The van der Waals surface area contributed by atoms with E-state index >= 15 is 0 Å². The van der Waals surface area contributed by atoms with Gasteiger partial charge < -0.3 is 4.74 Å². The van der Waals surface area contributed by atoms with E-state index in [1.165, 1.54) is 24.1 Å². The number of hydrogen-bond donors (Lipinski definition) is 0. The van der Waals surface area contributed by atoms with E-state index < -0.39 is 0 Å². The summed E-state index contributed by atoms with van der Waals surface area (Å²) in [5.74, 6) is 1.39. The zero-order chi connectivity index (χ0) is 12.6. The van der Waals surface area contributed by atoms with Crippen molar-refractivity contribution in [1.82, 2.24) is 4.98 Å². The highest BCUT2D eigenvalue weighted by Crippen LogP contribution is 2.33. The van der Waals surface area contributed by atoms with Crippen LogP contribution in [0.1, 0.15) is 64.6 Å². The van der Waals surface area contributed by atoms with Gasteiger partial charge in [-0.3, -0.25) is 4.98 Å². The first-order valence-electron chi connectivity index (χ1n) is 6.55. The fourth-order valence-corrected chi connectivity index (χ4v) is 1.96. The van der Waals surface area contributed by atoms with Crippen LogP contribution in [0.5, 0.6) is 5.75 Å². The molecule has 0 radical (unpaired) electrons. The zero-order valence-electron chi connectivity index (χ0n) is 11.6. The van der Waals surface area contributed by atoms with Crippen LogP contribution < -0.4 is 4.74 Å². The lowest BCUT2D eigenvalue weighted by atomic mass is 9.83. The molecule has 1 aromatic heterocycles. The highest BCUT2D eigenvalue weighted by atomic mass is 16.5. The lowest BCUT2D eigenvalue weighted by Gasteiger charge is -2.24. The molecule has 0 saturated heterocycles. The highest BCUT2D eigenvalue weighted by molar-refractivity contribution is 5.36. The number of hydrogen-bond acceptors (Lipinski definition) is 2. The van der Waals surface area contributed by atoms with Gasteiger partial charge in [0.05, 0.1) is 12.3 Å². The molecular formula is C15H23NO. The topological polar surface area (TPSA) is 22.1 Å². The van der Waals surface area contributed by atoms with Gasteiger partial charge in [-0.05, 0) is 35.8 Å². The lowest BCUT2D eigenvalue weighted by molar-refractivity contribution is 0.300. The monoisotopic (exact) mass is 233 g/mol. The molecule has 0 aliphatic heterocycles. The van der Waals surface area contributed by atoms with E-state index in [4.69, 9.17) is 4.74 Å². The molecule has 1 aliphatic carbocycles. The van der Waals surface area contributed by atoms with Gasteiger partial charge in [-0.25, -0.2) is 0 Å². The summed E-state index contributed by atoms with van der Waals surface area (Å²) in [6.07, 6.45) is 4.70. The van der Waals surface area contributed by atoms with E-state index in [1.54, 1.807) is 0 Å². The summed E-state index contributed by atoms with van der Waals surface area (Å²) >= 11 is 0. The SMILES string of the molecule is CC(C)c1ncc(OC2CC2)cc1C(C)(C)C. The molecular weight excluding hydrogens is 210 g/mol. The average molecular weight is 233 g/mol.